The summed E-state index contributed by atoms with van der Waals surface area (Å²) in [5, 5.41) is 19.7. The van der Waals surface area contributed by atoms with Crippen LogP contribution in [0.1, 0.15) is 29.1 Å². The van der Waals surface area contributed by atoms with E-state index >= 15 is 0 Å². The smallest absolute Gasteiger partial charge is 0.433 e. The predicted octanol–water partition coefficient (Wildman–Crippen LogP) is 1.53. The molecule has 0 aliphatic carbocycles. The number of furan rings is 1. The lowest BCUT2D eigenvalue weighted by Crippen LogP contribution is -2.44. The van der Waals surface area contributed by atoms with Crippen LogP contribution in [0.15, 0.2) is 28.9 Å². The van der Waals surface area contributed by atoms with Crippen LogP contribution in [0, 0.1) is 21.4 Å². The molecule has 0 radical (unpaired) electrons. The monoisotopic (exact) mass is 343 g/mol. The van der Waals surface area contributed by atoms with Gasteiger partial charge in [0, 0.05) is 18.9 Å². The minimum Gasteiger partial charge on any atom is -0.470 e. The molecular weight excluding hydrogens is 330 g/mol. The highest BCUT2D eigenvalue weighted by Gasteiger charge is 2.29. The Morgan fingerprint density at radius 2 is 2.24 bits per heavy atom. The third-order valence-electron chi connectivity index (χ3n) is 3.70. The van der Waals surface area contributed by atoms with Crippen molar-refractivity contribution in [2.45, 2.75) is 18.9 Å². The third kappa shape index (κ3) is 3.55. The van der Waals surface area contributed by atoms with Gasteiger partial charge in [-0.3, -0.25) is 14.9 Å². The van der Waals surface area contributed by atoms with Crippen molar-refractivity contribution < 1.29 is 18.9 Å². The number of nitrogens with zero attached hydrogens (tertiary/aromatic N) is 5. The van der Waals surface area contributed by atoms with Gasteiger partial charge in [-0.05, 0) is 18.9 Å². The van der Waals surface area contributed by atoms with Crippen LogP contribution >= 0.6 is 0 Å². The maximum atomic E-state index is 12.4. The molecule has 0 aromatic carbocycles. The minimum atomic E-state index is -0.698. The molecule has 3 heterocycles. The average Bonchev–Trinajstić information content (AvgIpc) is 3.12. The minimum absolute atomic E-state index is 0.0765. The first-order valence-corrected chi connectivity index (χ1v) is 7.49. The molecule has 2 aromatic heterocycles. The summed E-state index contributed by atoms with van der Waals surface area (Å²) in [6, 6.07) is 4.32. The Balaban J connectivity index is 1.69. The Hall–Kier alpha value is -3.48. The van der Waals surface area contributed by atoms with Gasteiger partial charge in [0.1, 0.15) is 17.1 Å². The second-order valence-electron chi connectivity index (χ2n) is 5.35. The van der Waals surface area contributed by atoms with Crippen molar-refractivity contribution in [1.29, 1.82) is 5.26 Å². The fourth-order valence-corrected chi connectivity index (χ4v) is 2.56. The van der Waals surface area contributed by atoms with Crippen LogP contribution in [0.25, 0.3) is 0 Å². The van der Waals surface area contributed by atoms with Crippen molar-refractivity contribution in [1.82, 2.24) is 14.9 Å². The van der Waals surface area contributed by atoms with Crippen molar-refractivity contribution >= 4 is 11.8 Å². The molecule has 1 unspecified atom stereocenters. The number of aromatic nitrogens is 2. The summed E-state index contributed by atoms with van der Waals surface area (Å²) in [6.07, 6.45) is 3.83. The molecule has 1 aliphatic heterocycles. The maximum Gasteiger partial charge on any atom is 0.433 e. The molecule has 1 fully saturated rings. The lowest BCUT2D eigenvalue weighted by atomic mass is 10.1. The number of nitriles is 1. The Bertz CT molecular complexity index is 843. The van der Waals surface area contributed by atoms with Gasteiger partial charge in [-0.15, -0.1) is 0 Å². The van der Waals surface area contributed by atoms with Gasteiger partial charge in [-0.1, -0.05) is 0 Å². The van der Waals surface area contributed by atoms with Gasteiger partial charge in [0.15, 0.2) is 5.76 Å². The zero-order valence-corrected chi connectivity index (χ0v) is 13.0. The lowest BCUT2D eigenvalue weighted by Gasteiger charge is -2.32. The zero-order chi connectivity index (χ0) is 17.8. The first-order chi connectivity index (χ1) is 12.1. The Labute approximate surface area is 141 Å². The van der Waals surface area contributed by atoms with Gasteiger partial charge in [0.25, 0.3) is 11.8 Å². The SMILES string of the molecule is N#Cc1nccnc1OC1CCCN(C(=O)c2ccc([N+](=O)[O-])o2)C1. The molecule has 10 heteroatoms. The molecule has 128 valence electrons. The number of rotatable bonds is 4. The van der Waals surface area contributed by atoms with Gasteiger partial charge in [-0.25, -0.2) is 9.97 Å². The van der Waals surface area contributed by atoms with Gasteiger partial charge >= 0.3 is 5.88 Å². The van der Waals surface area contributed by atoms with E-state index in [0.717, 1.165) is 6.07 Å². The van der Waals surface area contributed by atoms with E-state index in [1.54, 1.807) is 0 Å². The third-order valence-corrected chi connectivity index (χ3v) is 3.70. The fourth-order valence-electron chi connectivity index (χ4n) is 2.56. The van der Waals surface area contributed by atoms with E-state index in [2.05, 4.69) is 9.97 Å². The standard InChI is InChI=1S/C15H13N5O5/c16-8-11-14(18-6-5-17-11)24-10-2-1-7-19(9-10)15(21)12-3-4-13(25-12)20(22)23/h3-6,10H,1-2,7,9H2. The van der Waals surface area contributed by atoms with Crippen molar-refractivity contribution in [3.63, 3.8) is 0 Å². The molecule has 10 nitrogen and oxygen atoms in total. The fraction of sp³-hybridized carbons (Fsp3) is 0.333. The van der Waals surface area contributed by atoms with E-state index < -0.39 is 16.7 Å². The molecule has 0 N–H and O–H groups in total. The van der Waals surface area contributed by atoms with E-state index in [0.29, 0.717) is 19.4 Å². The topological polar surface area (TPSA) is 135 Å². The molecular formula is C15H13N5O5. The number of likely N-dealkylation sites (tertiary alicyclic amines) is 1. The largest absolute Gasteiger partial charge is 0.470 e. The molecule has 1 aliphatic rings. The molecule has 25 heavy (non-hydrogen) atoms. The second-order valence-corrected chi connectivity index (χ2v) is 5.35. The van der Waals surface area contributed by atoms with E-state index in [1.165, 1.54) is 23.4 Å². The quantitative estimate of drug-likeness (QED) is 0.602. The molecule has 1 amide bonds. The van der Waals surface area contributed by atoms with Crippen LogP contribution in [-0.4, -0.2) is 44.9 Å². The number of nitro groups is 1. The van der Waals surface area contributed by atoms with E-state index in [4.69, 9.17) is 14.4 Å². The number of piperidine rings is 1. The molecule has 1 atom stereocenters. The van der Waals surface area contributed by atoms with Crippen molar-refractivity contribution in [2.75, 3.05) is 13.1 Å². The number of amides is 1. The number of ether oxygens (including phenoxy) is 1. The number of carbonyl (C=O) groups is 1. The van der Waals surface area contributed by atoms with Crippen LogP contribution < -0.4 is 4.74 Å². The first kappa shape index (κ1) is 16.4. The van der Waals surface area contributed by atoms with E-state index in [-0.39, 0.29) is 30.0 Å². The summed E-state index contributed by atoms with van der Waals surface area (Å²) >= 11 is 0. The molecule has 2 aromatic rings. The molecule has 0 spiro atoms. The summed E-state index contributed by atoms with van der Waals surface area (Å²) in [7, 11) is 0. The average molecular weight is 343 g/mol. The van der Waals surface area contributed by atoms with Crippen molar-refractivity contribution in [2.24, 2.45) is 0 Å². The molecule has 1 saturated heterocycles. The van der Waals surface area contributed by atoms with Gasteiger partial charge in [0.2, 0.25) is 5.69 Å². The van der Waals surface area contributed by atoms with Crippen LogP contribution in [0.3, 0.4) is 0 Å². The zero-order valence-electron chi connectivity index (χ0n) is 13.0. The summed E-state index contributed by atoms with van der Waals surface area (Å²) in [6.45, 7) is 0.744. The highest BCUT2D eigenvalue weighted by atomic mass is 16.6. The molecule has 0 bridgehead atoms. The predicted molar refractivity (Wildman–Crippen MR) is 81.7 cm³/mol. The second kappa shape index (κ2) is 6.96. The first-order valence-electron chi connectivity index (χ1n) is 7.49. The Morgan fingerprint density at radius 1 is 1.44 bits per heavy atom. The van der Waals surface area contributed by atoms with Crippen LogP contribution in [0.5, 0.6) is 5.88 Å². The van der Waals surface area contributed by atoms with Crippen LogP contribution in [0.2, 0.25) is 0 Å². The summed E-state index contributed by atoms with van der Waals surface area (Å²) in [5.41, 5.74) is 0.0765. The van der Waals surface area contributed by atoms with Crippen molar-refractivity contribution in [3.8, 4) is 11.9 Å². The Kier molecular flexibility index (Phi) is 4.56. The highest BCUT2D eigenvalue weighted by Crippen LogP contribution is 2.22. The molecule has 3 rings (SSSR count). The van der Waals surface area contributed by atoms with Gasteiger partial charge in [-0.2, -0.15) is 5.26 Å². The van der Waals surface area contributed by atoms with Crippen LogP contribution in [-0.2, 0) is 0 Å². The number of carbonyl (C=O) groups excluding carboxylic acids is 1. The summed E-state index contributed by atoms with van der Waals surface area (Å²) in [5.74, 6) is -0.894. The molecule has 0 saturated carbocycles. The summed E-state index contributed by atoms with van der Waals surface area (Å²) in [4.78, 5) is 31.8. The van der Waals surface area contributed by atoms with Crippen LogP contribution in [0.4, 0.5) is 5.88 Å². The van der Waals surface area contributed by atoms with Gasteiger partial charge in [0.05, 0.1) is 12.6 Å². The van der Waals surface area contributed by atoms with Crippen molar-refractivity contribution in [3.05, 3.63) is 46.1 Å². The normalized spacial score (nSPS) is 16.9. The maximum absolute atomic E-state index is 12.4. The summed E-state index contributed by atoms with van der Waals surface area (Å²) < 4.78 is 10.7. The lowest BCUT2D eigenvalue weighted by molar-refractivity contribution is -0.402. The highest BCUT2D eigenvalue weighted by molar-refractivity contribution is 5.91. The van der Waals surface area contributed by atoms with E-state index in [1.807, 2.05) is 6.07 Å². The Morgan fingerprint density at radius 3 is 2.96 bits per heavy atom. The number of hydrogen-bond donors (Lipinski definition) is 0. The number of hydrogen-bond acceptors (Lipinski definition) is 8. The van der Waals surface area contributed by atoms with Gasteiger partial charge < -0.3 is 14.1 Å². The van der Waals surface area contributed by atoms with E-state index in [9.17, 15) is 14.9 Å².